The first kappa shape index (κ1) is 15.4. The number of carbonyl (C=O) groups is 1. The number of urea groups is 1. The van der Waals surface area contributed by atoms with Crippen molar-refractivity contribution in [2.45, 2.75) is 31.8 Å². The highest BCUT2D eigenvalue weighted by Crippen LogP contribution is 2.18. The second-order valence-corrected chi connectivity index (χ2v) is 6.11. The highest BCUT2D eigenvalue weighted by molar-refractivity contribution is 5.74. The van der Waals surface area contributed by atoms with Crippen LogP contribution in [0.15, 0.2) is 43.0 Å². The number of rotatable bonds is 4. The van der Waals surface area contributed by atoms with Crippen LogP contribution in [0.5, 0.6) is 0 Å². The molecule has 1 atom stereocenters. The molecule has 0 aromatic carbocycles. The maximum absolute atomic E-state index is 12.2. The number of nitrogens with zero attached hydrogens (tertiary/aromatic N) is 4. The fourth-order valence-electron chi connectivity index (χ4n) is 3.06. The molecule has 0 fully saturated rings. The van der Waals surface area contributed by atoms with Gasteiger partial charge in [0, 0.05) is 36.9 Å². The predicted octanol–water partition coefficient (Wildman–Crippen LogP) is 1.35. The van der Waals surface area contributed by atoms with Crippen molar-refractivity contribution in [3.8, 4) is 5.82 Å². The van der Waals surface area contributed by atoms with Crippen LogP contribution in [-0.4, -0.2) is 37.0 Å². The Kier molecular flexibility index (Phi) is 4.16. The van der Waals surface area contributed by atoms with Gasteiger partial charge >= 0.3 is 6.03 Å². The molecule has 8 nitrogen and oxygen atoms in total. The van der Waals surface area contributed by atoms with Crippen molar-refractivity contribution in [2.24, 2.45) is 0 Å². The SMILES string of the molecule is O=C(NCc1ccnc(-n2cccn2)c1)N[C@@H]1CCc2[nH]ncc2C1. The van der Waals surface area contributed by atoms with Gasteiger partial charge in [0.2, 0.25) is 0 Å². The zero-order valence-corrected chi connectivity index (χ0v) is 13.6. The summed E-state index contributed by atoms with van der Waals surface area (Å²) in [6, 6.07) is 5.61. The van der Waals surface area contributed by atoms with Crippen LogP contribution in [0.4, 0.5) is 4.79 Å². The van der Waals surface area contributed by atoms with E-state index in [-0.39, 0.29) is 12.1 Å². The number of hydrogen-bond acceptors (Lipinski definition) is 4. The summed E-state index contributed by atoms with van der Waals surface area (Å²) in [5.41, 5.74) is 3.34. The van der Waals surface area contributed by atoms with E-state index in [2.05, 4.69) is 30.9 Å². The average molecular weight is 337 g/mol. The molecule has 0 unspecified atom stereocenters. The zero-order chi connectivity index (χ0) is 17.1. The standard InChI is InChI=1S/C17H19N7O/c25-17(22-14-2-3-15-13(9-14)11-20-23-15)19-10-12-4-6-18-16(8-12)24-7-1-5-21-24/h1,4-8,11,14H,2-3,9-10H2,(H,20,23)(H2,19,22,25)/t14-/m1/s1. The van der Waals surface area contributed by atoms with Crippen molar-refractivity contribution in [3.05, 3.63) is 59.8 Å². The second kappa shape index (κ2) is 6.76. The number of aryl methyl sites for hydroxylation is 1. The van der Waals surface area contributed by atoms with Crippen molar-refractivity contribution >= 4 is 6.03 Å². The number of H-pyrrole nitrogens is 1. The number of nitrogens with one attached hydrogen (secondary N) is 3. The van der Waals surface area contributed by atoms with E-state index in [0.717, 1.165) is 30.6 Å². The summed E-state index contributed by atoms with van der Waals surface area (Å²) in [4.78, 5) is 16.5. The van der Waals surface area contributed by atoms with Gasteiger partial charge in [-0.3, -0.25) is 5.10 Å². The summed E-state index contributed by atoms with van der Waals surface area (Å²) >= 11 is 0. The van der Waals surface area contributed by atoms with Crippen LogP contribution in [0, 0.1) is 0 Å². The third-order valence-electron chi connectivity index (χ3n) is 4.35. The third kappa shape index (κ3) is 3.52. The summed E-state index contributed by atoms with van der Waals surface area (Å²) in [7, 11) is 0. The second-order valence-electron chi connectivity index (χ2n) is 6.11. The molecule has 0 bridgehead atoms. The summed E-state index contributed by atoms with van der Waals surface area (Å²) in [5.74, 6) is 0.726. The van der Waals surface area contributed by atoms with Crippen LogP contribution in [0.2, 0.25) is 0 Å². The molecule has 0 radical (unpaired) electrons. The maximum Gasteiger partial charge on any atom is 0.315 e. The summed E-state index contributed by atoms with van der Waals surface area (Å²) in [6.45, 7) is 0.437. The molecule has 8 heteroatoms. The molecule has 128 valence electrons. The minimum absolute atomic E-state index is 0.141. The van der Waals surface area contributed by atoms with Crippen molar-refractivity contribution in [3.63, 3.8) is 0 Å². The Morgan fingerprint density at radius 1 is 1.40 bits per heavy atom. The first-order chi connectivity index (χ1) is 12.3. The highest BCUT2D eigenvalue weighted by atomic mass is 16.2. The van der Waals surface area contributed by atoms with E-state index in [9.17, 15) is 4.79 Å². The van der Waals surface area contributed by atoms with Gasteiger partial charge in [-0.2, -0.15) is 10.2 Å². The lowest BCUT2D eigenvalue weighted by atomic mass is 9.94. The van der Waals surface area contributed by atoms with Crippen LogP contribution in [-0.2, 0) is 19.4 Å². The quantitative estimate of drug-likeness (QED) is 0.669. The van der Waals surface area contributed by atoms with E-state index in [4.69, 9.17) is 0 Å². The highest BCUT2D eigenvalue weighted by Gasteiger charge is 2.21. The molecule has 0 saturated heterocycles. The lowest BCUT2D eigenvalue weighted by Gasteiger charge is -2.23. The van der Waals surface area contributed by atoms with Gasteiger partial charge in [0.1, 0.15) is 0 Å². The van der Waals surface area contributed by atoms with E-state index < -0.39 is 0 Å². The van der Waals surface area contributed by atoms with Gasteiger partial charge in [0.25, 0.3) is 0 Å². The maximum atomic E-state index is 12.2. The van der Waals surface area contributed by atoms with E-state index >= 15 is 0 Å². The lowest BCUT2D eigenvalue weighted by Crippen LogP contribution is -2.44. The Balaban J connectivity index is 1.31. The topological polar surface area (TPSA) is 101 Å². The molecule has 2 amide bonds. The first-order valence-corrected chi connectivity index (χ1v) is 8.28. The van der Waals surface area contributed by atoms with Crippen molar-refractivity contribution in [1.29, 1.82) is 0 Å². The fourth-order valence-corrected chi connectivity index (χ4v) is 3.06. The molecule has 3 aromatic heterocycles. The minimum Gasteiger partial charge on any atom is -0.335 e. The Hall–Kier alpha value is -3.16. The van der Waals surface area contributed by atoms with Gasteiger partial charge in [0.15, 0.2) is 5.82 Å². The van der Waals surface area contributed by atoms with Crippen LogP contribution in [0.3, 0.4) is 0 Å². The summed E-state index contributed by atoms with van der Waals surface area (Å²) < 4.78 is 1.69. The number of aromatic nitrogens is 5. The number of carbonyl (C=O) groups excluding carboxylic acids is 1. The van der Waals surface area contributed by atoms with E-state index in [1.54, 1.807) is 17.1 Å². The molecular weight excluding hydrogens is 318 g/mol. The van der Waals surface area contributed by atoms with Crippen LogP contribution in [0.1, 0.15) is 23.2 Å². The van der Waals surface area contributed by atoms with Gasteiger partial charge in [0.05, 0.1) is 6.20 Å². The van der Waals surface area contributed by atoms with Gasteiger partial charge in [-0.05, 0) is 48.6 Å². The van der Waals surface area contributed by atoms with Crippen molar-refractivity contribution in [2.75, 3.05) is 0 Å². The Morgan fingerprint density at radius 3 is 3.24 bits per heavy atom. The number of aromatic amines is 1. The molecule has 3 aromatic rings. The van der Waals surface area contributed by atoms with Crippen molar-refractivity contribution in [1.82, 2.24) is 35.6 Å². The fraction of sp³-hybridized carbons (Fsp3) is 0.294. The minimum atomic E-state index is -0.158. The molecule has 3 heterocycles. The van der Waals surface area contributed by atoms with Gasteiger partial charge in [-0.1, -0.05) is 0 Å². The smallest absolute Gasteiger partial charge is 0.315 e. The number of fused-ring (bicyclic) bond motifs is 1. The Bertz CT molecular complexity index is 856. The lowest BCUT2D eigenvalue weighted by molar-refractivity contribution is 0.235. The molecule has 0 aliphatic heterocycles. The molecule has 0 saturated carbocycles. The first-order valence-electron chi connectivity index (χ1n) is 8.28. The molecular formula is C17H19N7O. The Labute approximate surface area is 144 Å². The third-order valence-corrected chi connectivity index (χ3v) is 4.35. The zero-order valence-electron chi connectivity index (χ0n) is 13.6. The monoisotopic (exact) mass is 337 g/mol. The van der Waals surface area contributed by atoms with E-state index in [1.807, 2.05) is 30.6 Å². The predicted molar refractivity (Wildman–Crippen MR) is 91.1 cm³/mol. The molecule has 1 aliphatic rings. The molecule has 0 spiro atoms. The Morgan fingerprint density at radius 2 is 2.36 bits per heavy atom. The molecule has 4 rings (SSSR count). The molecule has 3 N–H and O–H groups in total. The van der Waals surface area contributed by atoms with E-state index in [0.29, 0.717) is 6.54 Å². The van der Waals surface area contributed by atoms with Gasteiger partial charge < -0.3 is 10.6 Å². The number of pyridine rings is 1. The molecule has 1 aliphatic carbocycles. The number of hydrogen-bond donors (Lipinski definition) is 3. The van der Waals surface area contributed by atoms with Crippen LogP contribution >= 0.6 is 0 Å². The summed E-state index contributed by atoms with van der Waals surface area (Å²) in [6.07, 6.45) is 9.74. The van der Waals surface area contributed by atoms with Crippen LogP contribution in [0.25, 0.3) is 5.82 Å². The van der Waals surface area contributed by atoms with E-state index in [1.165, 1.54) is 11.3 Å². The van der Waals surface area contributed by atoms with Crippen LogP contribution < -0.4 is 10.6 Å². The van der Waals surface area contributed by atoms with Crippen molar-refractivity contribution < 1.29 is 4.79 Å². The number of amides is 2. The van der Waals surface area contributed by atoms with Gasteiger partial charge in [-0.15, -0.1) is 0 Å². The normalized spacial score (nSPS) is 16.2. The largest absolute Gasteiger partial charge is 0.335 e. The summed E-state index contributed by atoms with van der Waals surface area (Å²) in [5, 5.41) is 17.2. The average Bonchev–Trinajstić information content (AvgIpc) is 3.31. The molecule has 25 heavy (non-hydrogen) atoms. The van der Waals surface area contributed by atoms with Gasteiger partial charge in [-0.25, -0.2) is 14.5 Å².